The molecule has 0 saturated carbocycles. The fourth-order valence-electron chi connectivity index (χ4n) is 2.13. The lowest BCUT2D eigenvalue weighted by Crippen LogP contribution is -2.39. The van der Waals surface area contributed by atoms with Crippen molar-refractivity contribution < 1.29 is 13.2 Å². The Labute approximate surface area is 139 Å². The molecule has 2 N–H and O–H groups in total. The second kappa shape index (κ2) is 7.44. The van der Waals surface area contributed by atoms with E-state index >= 15 is 0 Å². The number of rotatable bonds is 5. The molecule has 0 fully saturated rings. The predicted octanol–water partition coefficient (Wildman–Crippen LogP) is 1.88. The van der Waals surface area contributed by atoms with Gasteiger partial charge in [-0.1, -0.05) is 19.9 Å². The van der Waals surface area contributed by atoms with Crippen molar-refractivity contribution in [1.82, 2.24) is 4.90 Å². The van der Waals surface area contributed by atoms with Crippen LogP contribution >= 0.6 is 12.4 Å². The molecular weight excluding hydrogens is 324 g/mol. The fraction of sp³-hybridized carbons (Fsp3) is 0.533. The summed E-state index contributed by atoms with van der Waals surface area (Å²) in [4.78, 5) is 14.2. The van der Waals surface area contributed by atoms with Crippen molar-refractivity contribution in [2.75, 3.05) is 26.4 Å². The van der Waals surface area contributed by atoms with E-state index in [0.29, 0.717) is 24.2 Å². The van der Waals surface area contributed by atoms with Crippen molar-refractivity contribution in [3.8, 4) is 0 Å². The Kier molecular flexibility index (Phi) is 7.06. The molecule has 0 radical (unpaired) electrons. The fourth-order valence-corrected chi connectivity index (χ4v) is 3.13. The zero-order chi connectivity index (χ0) is 16.4. The SMILES string of the molecule is Cc1ccc(C(=O)N(C)CC(C)(C)CN)cc1S(C)(=O)=O.Cl. The Morgan fingerprint density at radius 1 is 1.32 bits per heavy atom. The van der Waals surface area contributed by atoms with Crippen LogP contribution in [0.2, 0.25) is 0 Å². The quantitative estimate of drug-likeness (QED) is 0.880. The summed E-state index contributed by atoms with van der Waals surface area (Å²) in [5, 5.41) is 0. The number of aryl methyl sites for hydroxylation is 1. The minimum Gasteiger partial charge on any atom is -0.341 e. The van der Waals surface area contributed by atoms with Gasteiger partial charge in [-0.3, -0.25) is 4.79 Å². The highest BCUT2D eigenvalue weighted by atomic mass is 35.5. The van der Waals surface area contributed by atoms with E-state index in [-0.39, 0.29) is 28.6 Å². The van der Waals surface area contributed by atoms with Gasteiger partial charge in [-0.25, -0.2) is 8.42 Å². The first kappa shape index (κ1) is 20.9. The maximum Gasteiger partial charge on any atom is 0.253 e. The van der Waals surface area contributed by atoms with E-state index in [9.17, 15) is 13.2 Å². The molecule has 0 spiro atoms. The number of sulfone groups is 1. The van der Waals surface area contributed by atoms with Gasteiger partial charge in [0.05, 0.1) is 4.90 Å². The van der Waals surface area contributed by atoms with E-state index in [4.69, 9.17) is 5.73 Å². The number of benzene rings is 1. The highest BCUT2D eigenvalue weighted by Gasteiger charge is 2.23. The Hall–Kier alpha value is -1.11. The number of hydrogen-bond donors (Lipinski definition) is 1. The zero-order valence-electron chi connectivity index (χ0n) is 13.7. The van der Waals surface area contributed by atoms with Crippen LogP contribution in [-0.4, -0.2) is 45.6 Å². The zero-order valence-corrected chi connectivity index (χ0v) is 15.3. The summed E-state index contributed by atoms with van der Waals surface area (Å²) < 4.78 is 23.5. The van der Waals surface area contributed by atoms with Crippen LogP contribution in [0.15, 0.2) is 23.1 Å². The topological polar surface area (TPSA) is 80.5 Å². The summed E-state index contributed by atoms with van der Waals surface area (Å²) in [5.41, 5.74) is 6.50. The number of carbonyl (C=O) groups excluding carboxylic acids is 1. The number of hydrogen-bond acceptors (Lipinski definition) is 4. The lowest BCUT2D eigenvalue weighted by atomic mass is 9.93. The first-order chi connectivity index (χ1) is 9.48. The largest absolute Gasteiger partial charge is 0.341 e. The Bertz CT molecular complexity index is 642. The van der Waals surface area contributed by atoms with Gasteiger partial charge in [-0.2, -0.15) is 0 Å². The lowest BCUT2D eigenvalue weighted by molar-refractivity contribution is 0.0740. The van der Waals surface area contributed by atoms with E-state index in [0.717, 1.165) is 6.26 Å². The number of amides is 1. The molecule has 0 heterocycles. The van der Waals surface area contributed by atoms with Crippen LogP contribution in [0.1, 0.15) is 29.8 Å². The Morgan fingerprint density at radius 3 is 2.32 bits per heavy atom. The molecule has 5 nitrogen and oxygen atoms in total. The van der Waals surface area contributed by atoms with Gasteiger partial charge in [0.1, 0.15) is 0 Å². The third-order valence-electron chi connectivity index (χ3n) is 3.40. The summed E-state index contributed by atoms with van der Waals surface area (Å²) in [6.07, 6.45) is 1.14. The predicted molar refractivity (Wildman–Crippen MR) is 91.3 cm³/mol. The summed E-state index contributed by atoms with van der Waals surface area (Å²) in [6, 6.07) is 4.75. The van der Waals surface area contributed by atoms with Crippen molar-refractivity contribution in [2.24, 2.45) is 11.1 Å². The first-order valence-electron chi connectivity index (χ1n) is 6.74. The van der Waals surface area contributed by atoms with Gasteiger partial charge >= 0.3 is 0 Å². The molecule has 1 aromatic carbocycles. The van der Waals surface area contributed by atoms with Gasteiger partial charge in [0, 0.05) is 25.4 Å². The molecule has 0 aromatic heterocycles. The van der Waals surface area contributed by atoms with Gasteiger partial charge < -0.3 is 10.6 Å². The maximum absolute atomic E-state index is 12.4. The van der Waals surface area contributed by atoms with E-state index in [1.165, 1.54) is 6.07 Å². The highest BCUT2D eigenvalue weighted by molar-refractivity contribution is 7.90. The number of halogens is 1. The van der Waals surface area contributed by atoms with Crippen LogP contribution in [0.25, 0.3) is 0 Å². The molecule has 0 bridgehead atoms. The van der Waals surface area contributed by atoms with Crippen LogP contribution in [0.4, 0.5) is 0 Å². The summed E-state index contributed by atoms with van der Waals surface area (Å²) in [6.45, 7) is 6.64. The number of carbonyl (C=O) groups is 1. The molecule has 1 rings (SSSR count). The van der Waals surface area contributed by atoms with Gasteiger partial charge in [0.25, 0.3) is 5.91 Å². The van der Waals surface area contributed by atoms with Crippen molar-refractivity contribution in [1.29, 1.82) is 0 Å². The molecule has 1 amide bonds. The van der Waals surface area contributed by atoms with Gasteiger partial charge in [0.2, 0.25) is 0 Å². The van der Waals surface area contributed by atoms with Crippen molar-refractivity contribution in [3.63, 3.8) is 0 Å². The van der Waals surface area contributed by atoms with Gasteiger partial charge in [-0.05, 0) is 36.6 Å². The normalized spacial score (nSPS) is 11.7. The molecule has 22 heavy (non-hydrogen) atoms. The third-order valence-corrected chi connectivity index (χ3v) is 4.64. The van der Waals surface area contributed by atoms with Crippen LogP contribution < -0.4 is 5.73 Å². The van der Waals surface area contributed by atoms with Gasteiger partial charge in [0.15, 0.2) is 9.84 Å². The van der Waals surface area contributed by atoms with Gasteiger partial charge in [-0.15, -0.1) is 12.4 Å². The Morgan fingerprint density at radius 2 is 1.86 bits per heavy atom. The first-order valence-corrected chi connectivity index (χ1v) is 8.63. The highest BCUT2D eigenvalue weighted by Crippen LogP contribution is 2.20. The molecule has 0 atom stereocenters. The smallest absolute Gasteiger partial charge is 0.253 e. The van der Waals surface area contributed by atoms with E-state index in [2.05, 4.69) is 0 Å². The maximum atomic E-state index is 12.4. The standard InChI is InChI=1S/C15H24N2O3S.ClH/c1-11-6-7-12(8-13(11)21(5,19)20)14(18)17(4)10-15(2,3)9-16;/h6-8H,9-10,16H2,1-5H3;1H. The minimum absolute atomic E-state index is 0. The average molecular weight is 349 g/mol. The van der Waals surface area contributed by atoms with Crippen molar-refractivity contribution >= 4 is 28.2 Å². The molecule has 0 aliphatic heterocycles. The van der Waals surface area contributed by atoms with E-state index in [1.807, 2.05) is 13.8 Å². The van der Waals surface area contributed by atoms with Crippen LogP contribution in [-0.2, 0) is 9.84 Å². The molecule has 0 aliphatic carbocycles. The van der Waals surface area contributed by atoms with Crippen LogP contribution in [0, 0.1) is 12.3 Å². The minimum atomic E-state index is -3.35. The second-order valence-electron chi connectivity index (χ2n) is 6.28. The molecule has 1 aromatic rings. The lowest BCUT2D eigenvalue weighted by Gasteiger charge is -2.29. The second-order valence-corrected chi connectivity index (χ2v) is 8.27. The summed E-state index contributed by atoms with van der Waals surface area (Å²) in [5.74, 6) is -0.207. The number of nitrogens with two attached hydrogens (primary N) is 1. The average Bonchev–Trinajstić information content (AvgIpc) is 2.36. The van der Waals surface area contributed by atoms with E-state index < -0.39 is 9.84 Å². The molecule has 126 valence electrons. The number of nitrogens with zero attached hydrogens (tertiary/aromatic N) is 1. The van der Waals surface area contributed by atoms with Crippen LogP contribution in [0.3, 0.4) is 0 Å². The third kappa shape index (κ3) is 5.26. The molecule has 0 aliphatic rings. The molecule has 0 saturated heterocycles. The Balaban J connectivity index is 0.00000441. The van der Waals surface area contributed by atoms with Crippen molar-refractivity contribution in [3.05, 3.63) is 29.3 Å². The summed E-state index contributed by atoms with van der Waals surface area (Å²) >= 11 is 0. The monoisotopic (exact) mass is 348 g/mol. The molecular formula is C15H25ClN2O3S. The summed E-state index contributed by atoms with van der Waals surface area (Å²) in [7, 11) is -1.65. The van der Waals surface area contributed by atoms with E-state index in [1.54, 1.807) is 31.0 Å². The van der Waals surface area contributed by atoms with Crippen LogP contribution in [0.5, 0.6) is 0 Å². The molecule has 7 heteroatoms. The molecule has 0 unspecified atom stereocenters. The van der Waals surface area contributed by atoms with Crippen molar-refractivity contribution in [2.45, 2.75) is 25.7 Å².